The third kappa shape index (κ3) is 2.59. The third-order valence-electron chi connectivity index (χ3n) is 3.56. The summed E-state index contributed by atoms with van der Waals surface area (Å²) >= 11 is 0. The first-order valence-electron chi connectivity index (χ1n) is 7.07. The maximum absolute atomic E-state index is 12.1. The van der Waals surface area contributed by atoms with Gasteiger partial charge < -0.3 is 4.98 Å². The van der Waals surface area contributed by atoms with Crippen LogP contribution in [0, 0.1) is 6.92 Å². The van der Waals surface area contributed by atoms with Crippen molar-refractivity contribution >= 4 is 11.0 Å². The van der Waals surface area contributed by atoms with E-state index in [4.69, 9.17) is 0 Å². The van der Waals surface area contributed by atoms with Gasteiger partial charge in [-0.25, -0.2) is 4.98 Å². The van der Waals surface area contributed by atoms with E-state index in [1.807, 2.05) is 0 Å². The minimum Gasteiger partial charge on any atom is -0.308 e. The van der Waals surface area contributed by atoms with Crippen molar-refractivity contribution in [3.63, 3.8) is 0 Å². The summed E-state index contributed by atoms with van der Waals surface area (Å²) in [4.78, 5) is 19.5. The van der Waals surface area contributed by atoms with Crippen molar-refractivity contribution in [3.05, 3.63) is 57.3 Å². The second kappa shape index (κ2) is 5.16. The molecular formula is C16H18N4O. The number of hydrogen-bond acceptors (Lipinski definition) is 3. The highest BCUT2D eigenvalue weighted by Gasteiger charge is 2.14. The summed E-state index contributed by atoms with van der Waals surface area (Å²) in [7, 11) is 0. The molecule has 0 aliphatic carbocycles. The fraction of sp³-hybridized carbons (Fsp3) is 0.312. The predicted molar refractivity (Wildman–Crippen MR) is 82.6 cm³/mol. The molecule has 0 atom stereocenters. The van der Waals surface area contributed by atoms with Crippen LogP contribution in [0.3, 0.4) is 0 Å². The maximum Gasteiger partial charge on any atom is 0.279 e. The lowest BCUT2D eigenvalue weighted by Gasteiger charge is -2.04. The summed E-state index contributed by atoms with van der Waals surface area (Å²) in [6.45, 7) is 6.15. The zero-order valence-electron chi connectivity index (χ0n) is 12.4. The number of nitrogens with one attached hydrogen (secondary N) is 2. The summed E-state index contributed by atoms with van der Waals surface area (Å²) in [6.07, 6.45) is 0.605. The van der Waals surface area contributed by atoms with Crippen molar-refractivity contribution in [3.8, 4) is 0 Å². The molecule has 108 valence electrons. The van der Waals surface area contributed by atoms with Gasteiger partial charge in [0.15, 0.2) is 5.52 Å². The van der Waals surface area contributed by atoms with Crippen molar-refractivity contribution in [2.24, 2.45) is 0 Å². The highest BCUT2D eigenvalue weighted by molar-refractivity contribution is 5.76. The van der Waals surface area contributed by atoms with Crippen LogP contribution in [-0.4, -0.2) is 20.2 Å². The Morgan fingerprint density at radius 2 is 1.86 bits per heavy atom. The molecule has 21 heavy (non-hydrogen) atoms. The van der Waals surface area contributed by atoms with Crippen LogP contribution >= 0.6 is 0 Å². The third-order valence-corrected chi connectivity index (χ3v) is 3.56. The Hall–Kier alpha value is -2.43. The molecular weight excluding hydrogens is 264 g/mol. The Balaban J connectivity index is 2.05. The summed E-state index contributed by atoms with van der Waals surface area (Å²) in [6, 6.07) is 8.23. The number of aromatic amines is 2. The van der Waals surface area contributed by atoms with Crippen molar-refractivity contribution in [1.29, 1.82) is 0 Å². The average Bonchev–Trinajstić information content (AvgIpc) is 2.86. The Morgan fingerprint density at radius 1 is 1.14 bits per heavy atom. The van der Waals surface area contributed by atoms with Crippen molar-refractivity contribution in [2.45, 2.75) is 33.1 Å². The molecule has 0 bridgehead atoms. The van der Waals surface area contributed by atoms with Crippen LogP contribution in [0.5, 0.6) is 0 Å². The highest BCUT2D eigenvalue weighted by Crippen LogP contribution is 2.19. The fourth-order valence-corrected chi connectivity index (χ4v) is 2.36. The first-order valence-corrected chi connectivity index (χ1v) is 7.07. The summed E-state index contributed by atoms with van der Waals surface area (Å²) < 4.78 is 0. The van der Waals surface area contributed by atoms with Gasteiger partial charge in [0.2, 0.25) is 0 Å². The smallest absolute Gasteiger partial charge is 0.279 e. The maximum atomic E-state index is 12.1. The molecule has 0 aliphatic rings. The van der Waals surface area contributed by atoms with Crippen LogP contribution < -0.4 is 5.56 Å². The van der Waals surface area contributed by atoms with E-state index in [1.54, 1.807) is 0 Å². The van der Waals surface area contributed by atoms with Gasteiger partial charge in [0.05, 0.1) is 5.69 Å². The normalized spacial score (nSPS) is 11.4. The van der Waals surface area contributed by atoms with E-state index < -0.39 is 0 Å². The molecule has 1 aromatic carbocycles. The van der Waals surface area contributed by atoms with Crippen molar-refractivity contribution in [2.75, 3.05) is 0 Å². The monoisotopic (exact) mass is 282 g/mol. The minimum absolute atomic E-state index is 0.190. The second-order valence-electron chi connectivity index (χ2n) is 5.66. The van der Waals surface area contributed by atoms with Crippen LogP contribution in [-0.2, 0) is 6.42 Å². The van der Waals surface area contributed by atoms with Gasteiger partial charge >= 0.3 is 0 Å². The number of aromatic nitrogens is 4. The molecule has 0 saturated heterocycles. The lowest BCUT2D eigenvalue weighted by Crippen LogP contribution is -2.12. The van der Waals surface area contributed by atoms with E-state index in [1.165, 1.54) is 5.56 Å². The lowest BCUT2D eigenvalue weighted by atomic mass is 10.1. The highest BCUT2D eigenvalue weighted by atomic mass is 16.1. The lowest BCUT2D eigenvalue weighted by molar-refractivity contribution is 0.814. The second-order valence-corrected chi connectivity index (χ2v) is 5.66. The van der Waals surface area contributed by atoms with Gasteiger partial charge in [0, 0.05) is 6.42 Å². The summed E-state index contributed by atoms with van der Waals surface area (Å²) in [5.74, 6) is 0.913. The molecule has 5 nitrogen and oxygen atoms in total. The SMILES string of the molecule is Cc1ccc(Cc2nc3c(C(C)C)[nH]nc3c(=O)[nH]2)cc1. The van der Waals surface area contributed by atoms with E-state index in [9.17, 15) is 4.79 Å². The molecule has 2 heterocycles. The van der Waals surface area contributed by atoms with Crippen LogP contribution in [0.25, 0.3) is 11.0 Å². The average molecular weight is 282 g/mol. The molecule has 0 fully saturated rings. The molecule has 0 radical (unpaired) electrons. The molecule has 5 heteroatoms. The molecule has 3 rings (SSSR count). The van der Waals surface area contributed by atoms with Crippen molar-refractivity contribution < 1.29 is 0 Å². The van der Waals surface area contributed by atoms with Gasteiger partial charge in [-0.3, -0.25) is 9.89 Å². The molecule has 0 aliphatic heterocycles. The van der Waals surface area contributed by atoms with E-state index >= 15 is 0 Å². The number of hydrogen-bond donors (Lipinski definition) is 2. The number of aryl methyl sites for hydroxylation is 1. The standard InChI is InChI=1S/C16H18N4O/c1-9(2)13-14-15(20-19-13)16(21)18-12(17-14)8-11-6-4-10(3)5-7-11/h4-7,9H,8H2,1-3H3,(H,19,20)(H,17,18,21). The van der Waals surface area contributed by atoms with Gasteiger partial charge in [-0.05, 0) is 18.4 Å². The Bertz CT molecular complexity index is 828. The minimum atomic E-state index is -0.190. The van der Waals surface area contributed by atoms with E-state index in [2.05, 4.69) is 65.2 Å². The number of H-pyrrole nitrogens is 2. The largest absolute Gasteiger partial charge is 0.308 e. The molecule has 0 amide bonds. The predicted octanol–water partition coefficient (Wildman–Crippen LogP) is 2.67. The number of benzene rings is 1. The number of fused-ring (bicyclic) bond motifs is 1. The van der Waals surface area contributed by atoms with Crippen LogP contribution in [0.4, 0.5) is 0 Å². The number of nitrogens with zero attached hydrogens (tertiary/aromatic N) is 2. The van der Waals surface area contributed by atoms with Gasteiger partial charge in [0.25, 0.3) is 5.56 Å². The zero-order chi connectivity index (χ0) is 15.0. The topological polar surface area (TPSA) is 74.4 Å². The zero-order valence-corrected chi connectivity index (χ0v) is 12.4. The molecule has 3 aromatic rings. The molecule has 0 saturated carbocycles. The Morgan fingerprint density at radius 3 is 2.52 bits per heavy atom. The Kier molecular flexibility index (Phi) is 3.33. The van der Waals surface area contributed by atoms with Gasteiger partial charge in [-0.2, -0.15) is 5.10 Å². The Labute approximate surface area is 122 Å². The van der Waals surface area contributed by atoms with E-state index in [0.717, 1.165) is 11.3 Å². The molecule has 2 N–H and O–H groups in total. The van der Waals surface area contributed by atoms with Gasteiger partial charge in [0.1, 0.15) is 11.3 Å². The van der Waals surface area contributed by atoms with Crippen LogP contribution in [0.2, 0.25) is 0 Å². The quantitative estimate of drug-likeness (QED) is 0.775. The first kappa shape index (κ1) is 13.5. The van der Waals surface area contributed by atoms with E-state index in [-0.39, 0.29) is 11.5 Å². The fourth-order valence-electron chi connectivity index (χ4n) is 2.36. The molecule has 0 spiro atoms. The van der Waals surface area contributed by atoms with Gasteiger partial charge in [-0.15, -0.1) is 0 Å². The van der Waals surface area contributed by atoms with Gasteiger partial charge in [-0.1, -0.05) is 43.7 Å². The number of rotatable bonds is 3. The summed E-state index contributed by atoms with van der Waals surface area (Å²) in [5.41, 5.74) is 4.11. The van der Waals surface area contributed by atoms with Crippen LogP contribution in [0.15, 0.2) is 29.1 Å². The molecule has 2 aromatic heterocycles. The van der Waals surface area contributed by atoms with Crippen LogP contribution in [0.1, 0.15) is 42.4 Å². The molecule has 0 unspecified atom stereocenters. The van der Waals surface area contributed by atoms with E-state index in [0.29, 0.717) is 23.3 Å². The first-order chi connectivity index (χ1) is 10.0. The summed E-state index contributed by atoms with van der Waals surface area (Å²) in [5, 5.41) is 6.99. The van der Waals surface area contributed by atoms with Crippen molar-refractivity contribution in [1.82, 2.24) is 20.2 Å².